The lowest BCUT2D eigenvalue weighted by Crippen LogP contribution is -2.28. The van der Waals surface area contributed by atoms with Crippen LogP contribution in [0.1, 0.15) is 72.9 Å². The molecule has 0 radical (unpaired) electrons. The van der Waals surface area contributed by atoms with E-state index in [1.807, 2.05) is 0 Å². The molecule has 1 heteroatoms. The smallest absolute Gasteiger partial charge is 0.0713 e. The normalized spacial score (nSPS) is 13.6. The molecule has 0 N–H and O–H groups in total. The number of nitrogens with zero attached hydrogens (tertiary/aromatic N) is 1. The lowest BCUT2D eigenvalue weighted by Gasteiger charge is -2.34. The molecule has 9 aromatic carbocycles. The van der Waals surface area contributed by atoms with Crippen LogP contribution in [0.15, 0.2) is 176 Å². The highest BCUT2D eigenvalue weighted by atomic mass is 14.9. The number of rotatable bonds is 5. The lowest BCUT2D eigenvalue weighted by molar-refractivity contribution is 0.768. The van der Waals surface area contributed by atoms with Crippen molar-refractivity contribution in [1.82, 2.24) is 4.40 Å². The van der Waals surface area contributed by atoms with Crippen molar-refractivity contribution in [3.8, 4) is 22.3 Å². The van der Waals surface area contributed by atoms with Gasteiger partial charge in [0.05, 0.1) is 22.0 Å². The molecule has 0 unspecified atom stereocenters. The highest BCUT2D eigenvalue weighted by molar-refractivity contribution is 6.27. The summed E-state index contributed by atoms with van der Waals surface area (Å²) in [5, 5.41) is 10.4. The first-order chi connectivity index (χ1) is 28.4. The van der Waals surface area contributed by atoms with Gasteiger partial charge in [0, 0.05) is 21.5 Å². The van der Waals surface area contributed by atoms with Crippen LogP contribution in [0.3, 0.4) is 0 Å². The summed E-state index contributed by atoms with van der Waals surface area (Å²) in [6.07, 6.45) is 0. The molecule has 0 amide bonds. The highest BCUT2D eigenvalue weighted by Crippen LogP contribution is 2.56. The molecule has 0 fully saturated rings. The highest BCUT2D eigenvalue weighted by Gasteiger charge is 2.45. The molecular weight excluding hydrogens is 699 g/mol. The second kappa shape index (κ2) is 12.2. The molecule has 1 nitrogen and oxygen atoms in total. The van der Waals surface area contributed by atoms with Crippen molar-refractivity contribution in [3.63, 3.8) is 0 Å². The molecule has 2 heterocycles. The van der Waals surface area contributed by atoms with Crippen molar-refractivity contribution in [3.05, 3.63) is 209 Å². The summed E-state index contributed by atoms with van der Waals surface area (Å²) in [6, 6.07) is 67.3. The predicted octanol–water partition coefficient (Wildman–Crippen LogP) is 15.4. The molecule has 0 atom stereocenters. The van der Waals surface area contributed by atoms with Gasteiger partial charge in [-0.2, -0.15) is 0 Å². The number of hydrogen-bond acceptors (Lipinski definition) is 0. The Hall–Kier alpha value is -6.70. The summed E-state index contributed by atoms with van der Waals surface area (Å²) < 4.78 is 2.55. The molecule has 2 aromatic heterocycles. The fourth-order valence-electron chi connectivity index (χ4n) is 10.6. The van der Waals surface area contributed by atoms with E-state index in [4.69, 9.17) is 0 Å². The lowest BCUT2D eigenvalue weighted by atomic mass is 9.67. The van der Waals surface area contributed by atoms with Crippen LogP contribution >= 0.6 is 0 Å². The maximum atomic E-state index is 2.55. The third kappa shape index (κ3) is 4.53. The molecule has 12 rings (SSSR count). The van der Waals surface area contributed by atoms with Crippen molar-refractivity contribution in [2.45, 2.75) is 44.9 Å². The quantitative estimate of drug-likeness (QED) is 0.165. The topological polar surface area (TPSA) is 4.41 Å². The van der Waals surface area contributed by atoms with Crippen molar-refractivity contribution < 1.29 is 0 Å². The Balaban J connectivity index is 1.12. The van der Waals surface area contributed by atoms with Gasteiger partial charge < -0.3 is 4.40 Å². The van der Waals surface area contributed by atoms with E-state index in [0.717, 1.165) is 0 Å². The number of benzene rings is 9. The molecule has 0 saturated heterocycles. The van der Waals surface area contributed by atoms with Crippen LogP contribution in [-0.2, 0) is 5.41 Å². The molecule has 276 valence electrons. The molecule has 11 aromatic rings. The van der Waals surface area contributed by atoms with Gasteiger partial charge in [0.2, 0.25) is 0 Å². The van der Waals surface area contributed by atoms with Crippen molar-refractivity contribution in [2.24, 2.45) is 0 Å². The van der Waals surface area contributed by atoms with E-state index in [9.17, 15) is 0 Å². The first kappa shape index (κ1) is 33.4. The maximum absolute atomic E-state index is 2.55. The summed E-state index contributed by atoms with van der Waals surface area (Å²) in [4.78, 5) is 0. The second-order valence-electron chi connectivity index (χ2n) is 17.3. The molecule has 0 saturated carbocycles. The summed E-state index contributed by atoms with van der Waals surface area (Å²) in [5.41, 5.74) is 16.6. The molecule has 58 heavy (non-hydrogen) atoms. The summed E-state index contributed by atoms with van der Waals surface area (Å²) in [7, 11) is 0. The van der Waals surface area contributed by atoms with Gasteiger partial charge in [0.25, 0.3) is 0 Å². The van der Waals surface area contributed by atoms with E-state index < -0.39 is 5.41 Å². The number of hydrogen-bond donors (Lipinski definition) is 0. The average molecular weight is 742 g/mol. The van der Waals surface area contributed by atoms with Crippen LogP contribution in [0.5, 0.6) is 0 Å². The van der Waals surface area contributed by atoms with Crippen LogP contribution in [0, 0.1) is 0 Å². The third-order valence-corrected chi connectivity index (χ3v) is 13.5. The Morgan fingerprint density at radius 2 is 0.862 bits per heavy atom. The minimum atomic E-state index is -0.414. The molecule has 0 aliphatic heterocycles. The molecule has 0 spiro atoms. The summed E-state index contributed by atoms with van der Waals surface area (Å²) >= 11 is 0. The van der Waals surface area contributed by atoms with E-state index in [2.05, 4.69) is 208 Å². The Kier molecular flexibility index (Phi) is 7.01. The van der Waals surface area contributed by atoms with Crippen LogP contribution in [-0.4, -0.2) is 4.40 Å². The predicted molar refractivity (Wildman–Crippen MR) is 247 cm³/mol. The zero-order valence-electron chi connectivity index (χ0n) is 33.3. The minimum absolute atomic E-state index is 0.414. The van der Waals surface area contributed by atoms with Crippen LogP contribution in [0.25, 0.3) is 81.9 Å². The summed E-state index contributed by atoms with van der Waals surface area (Å²) in [6.45, 7) is 9.13. The Bertz CT molecular complexity index is 3250. The monoisotopic (exact) mass is 741 g/mol. The first-order valence-electron chi connectivity index (χ1n) is 20.9. The Morgan fingerprint density at radius 3 is 1.38 bits per heavy atom. The van der Waals surface area contributed by atoms with Gasteiger partial charge >= 0.3 is 0 Å². The van der Waals surface area contributed by atoms with Crippen LogP contribution < -0.4 is 0 Å². The van der Waals surface area contributed by atoms with Gasteiger partial charge in [-0.25, -0.2) is 0 Å². The minimum Gasteiger partial charge on any atom is -0.308 e. The van der Waals surface area contributed by atoms with Gasteiger partial charge in [-0.15, -0.1) is 0 Å². The Labute approximate surface area is 339 Å². The second-order valence-corrected chi connectivity index (χ2v) is 17.3. The van der Waals surface area contributed by atoms with E-state index in [1.165, 1.54) is 115 Å². The first-order valence-corrected chi connectivity index (χ1v) is 20.9. The van der Waals surface area contributed by atoms with Crippen molar-refractivity contribution in [1.29, 1.82) is 0 Å². The zero-order valence-corrected chi connectivity index (χ0v) is 33.3. The van der Waals surface area contributed by atoms with E-state index >= 15 is 0 Å². The maximum Gasteiger partial charge on any atom is 0.0713 e. The van der Waals surface area contributed by atoms with Crippen molar-refractivity contribution >= 4 is 59.6 Å². The molecule has 0 bridgehead atoms. The van der Waals surface area contributed by atoms with E-state index in [-0.39, 0.29) is 0 Å². The van der Waals surface area contributed by atoms with Gasteiger partial charge in [-0.3, -0.25) is 0 Å². The van der Waals surface area contributed by atoms with Crippen molar-refractivity contribution in [2.75, 3.05) is 0 Å². The van der Waals surface area contributed by atoms with Crippen LogP contribution in [0.2, 0.25) is 0 Å². The van der Waals surface area contributed by atoms with Gasteiger partial charge in [-0.1, -0.05) is 167 Å². The van der Waals surface area contributed by atoms with Gasteiger partial charge in [-0.05, 0) is 125 Å². The van der Waals surface area contributed by atoms with Gasteiger partial charge in [0.1, 0.15) is 0 Å². The number of aromatic nitrogens is 1. The standard InChI is InChI=1S/C57H43N/c1-34(2)37-18-20-39-32-54-48(28-41(39)26-37)50-30-43(31-51-49-29-42-27-38(35(3)4)19-21-40(42)33-55(49)58(54)56(50)51)36-22-24-45(25-23-36)57(44-12-6-5-7-13-44)52-16-10-8-14-46(52)47-15-9-11-17-53(47)57/h5-35H,1-4H3. The number of fused-ring (bicyclic) bond motifs is 11. The molecule has 1 aliphatic rings. The Morgan fingerprint density at radius 1 is 0.379 bits per heavy atom. The fourth-order valence-corrected chi connectivity index (χ4v) is 10.6. The van der Waals surface area contributed by atoms with Crippen LogP contribution in [0.4, 0.5) is 0 Å². The average Bonchev–Trinajstić information content (AvgIpc) is 3.87. The molecular formula is C57H43N. The SMILES string of the molecule is CC(C)c1ccc2cc3c(cc2c1)c1cc(-c2ccc(C4(c5ccccc5)c5ccccc5-c5ccccc54)cc2)cc2c4cc5cc(C(C)C)ccc5cc4n3c12. The zero-order chi connectivity index (χ0) is 38.9. The summed E-state index contributed by atoms with van der Waals surface area (Å²) in [5.74, 6) is 0.954. The van der Waals surface area contributed by atoms with E-state index in [1.54, 1.807) is 0 Å². The van der Waals surface area contributed by atoms with Gasteiger partial charge in [0.15, 0.2) is 0 Å². The molecule has 1 aliphatic carbocycles. The fraction of sp³-hybridized carbons (Fsp3) is 0.123. The third-order valence-electron chi connectivity index (χ3n) is 13.5. The van der Waals surface area contributed by atoms with E-state index in [0.29, 0.717) is 11.8 Å². The largest absolute Gasteiger partial charge is 0.308 e.